The van der Waals surface area contributed by atoms with Crippen LogP contribution in [0, 0.1) is 0 Å². The van der Waals surface area contributed by atoms with E-state index in [2.05, 4.69) is 27.8 Å². The Morgan fingerprint density at radius 1 is 1.00 bits per heavy atom. The minimum absolute atomic E-state index is 0.0846. The molecule has 138 valence electrons. The van der Waals surface area contributed by atoms with Crippen molar-refractivity contribution in [2.75, 3.05) is 23.8 Å². The van der Waals surface area contributed by atoms with Gasteiger partial charge in [0.25, 0.3) is 5.91 Å². The summed E-state index contributed by atoms with van der Waals surface area (Å²) in [6, 6.07) is 20.7. The summed E-state index contributed by atoms with van der Waals surface area (Å²) in [6.45, 7) is 0.705. The molecule has 0 saturated carbocycles. The van der Waals surface area contributed by atoms with Crippen molar-refractivity contribution in [3.8, 4) is 5.75 Å². The molecule has 2 aromatic carbocycles. The molecule has 6 heteroatoms. The number of hydrogen-bond donors (Lipinski definition) is 2. The Morgan fingerprint density at radius 2 is 1.78 bits per heavy atom. The van der Waals surface area contributed by atoms with Crippen LogP contribution in [0.2, 0.25) is 5.02 Å². The van der Waals surface area contributed by atoms with Crippen LogP contribution in [0.1, 0.15) is 5.56 Å². The van der Waals surface area contributed by atoms with Gasteiger partial charge in [0.05, 0.1) is 11.9 Å². The third-order valence-corrected chi connectivity index (χ3v) is 4.05. The second kappa shape index (κ2) is 9.59. The molecule has 0 aliphatic rings. The SMILES string of the molecule is O=C(COc1ccc(Cl)cc1)Nc1ccc(NCCc2ccccc2)nc1. The van der Waals surface area contributed by atoms with Crippen LogP contribution in [0.3, 0.4) is 0 Å². The highest BCUT2D eigenvalue weighted by Crippen LogP contribution is 2.15. The highest BCUT2D eigenvalue weighted by molar-refractivity contribution is 6.30. The summed E-state index contributed by atoms with van der Waals surface area (Å²) in [5.74, 6) is 1.10. The molecule has 0 saturated heterocycles. The Labute approximate surface area is 163 Å². The number of rotatable bonds is 8. The summed E-state index contributed by atoms with van der Waals surface area (Å²) >= 11 is 5.81. The monoisotopic (exact) mass is 381 g/mol. The summed E-state index contributed by atoms with van der Waals surface area (Å²) in [7, 11) is 0. The number of anilines is 2. The van der Waals surface area contributed by atoms with E-state index < -0.39 is 0 Å². The van der Waals surface area contributed by atoms with Crippen molar-refractivity contribution in [1.29, 1.82) is 0 Å². The molecule has 0 bridgehead atoms. The minimum atomic E-state index is -0.253. The second-order valence-corrected chi connectivity index (χ2v) is 6.32. The first-order valence-corrected chi connectivity index (χ1v) is 8.99. The van der Waals surface area contributed by atoms with Crippen molar-refractivity contribution < 1.29 is 9.53 Å². The number of aromatic nitrogens is 1. The summed E-state index contributed by atoms with van der Waals surface area (Å²) in [5, 5.41) is 6.64. The maximum Gasteiger partial charge on any atom is 0.262 e. The van der Waals surface area contributed by atoms with Crippen molar-refractivity contribution in [1.82, 2.24) is 4.98 Å². The zero-order valence-corrected chi connectivity index (χ0v) is 15.4. The normalized spacial score (nSPS) is 10.3. The molecule has 0 radical (unpaired) electrons. The number of pyridine rings is 1. The molecule has 0 unspecified atom stereocenters. The van der Waals surface area contributed by atoms with Crippen LogP contribution in [0.5, 0.6) is 5.75 Å². The van der Waals surface area contributed by atoms with Crippen LogP contribution in [-0.2, 0) is 11.2 Å². The van der Waals surface area contributed by atoms with Crippen molar-refractivity contribution in [2.24, 2.45) is 0 Å². The zero-order valence-electron chi connectivity index (χ0n) is 14.7. The lowest BCUT2D eigenvalue weighted by Crippen LogP contribution is -2.20. The van der Waals surface area contributed by atoms with Crippen molar-refractivity contribution >= 4 is 29.0 Å². The Bertz CT molecular complexity index is 853. The fourth-order valence-corrected chi connectivity index (χ4v) is 2.55. The highest BCUT2D eigenvalue weighted by atomic mass is 35.5. The lowest BCUT2D eigenvalue weighted by Gasteiger charge is -2.09. The van der Waals surface area contributed by atoms with Gasteiger partial charge in [-0.15, -0.1) is 0 Å². The zero-order chi connectivity index (χ0) is 18.9. The van der Waals surface area contributed by atoms with Crippen LogP contribution >= 0.6 is 11.6 Å². The maximum absolute atomic E-state index is 12.0. The summed E-state index contributed by atoms with van der Waals surface area (Å²) in [5.41, 5.74) is 1.89. The molecule has 0 aliphatic carbocycles. The number of carbonyl (C=O) groups is 1. The van der Waals surface area contributed by atoms with Gasteiger partial charge in [0.1, 0.15) is 11.6 Å². The molecule has 1 heterocycles. The van der Waals surface area contributed by atoms with Gasteiger partial charge in [0.2, 0.25) is 0 Å². The first-order valence-electron chi connectivity index (χ1n) is 8.61. The molecule has 3 rings (SSSR count). The van der Waals surface area contributed by atoms with E-state index in [1.807, 2.05) is 24.3 Å². The molecule has 2 N–H and O–H groups in total. The van der Waals surface area contributed by atoms with Gasteiger partial charge >= 0.3 is 0 Å². The molecule has 0 atom stereocenters. The number of ether oxygens (including phenoxy) is 1. The predicted molar refractivity (Wildman–Crippen MR) is 108 cm³/mol. The fraction of sp³-hybridized carbons (Fsp3) is 0.143. The smallest absolute Gasteiger partial charge is 0.262 e. The van der Waals surface area contributed by atoms with Crippen LogP contribution in [0.25, 0.3) is 0 Å². The van der Waals surface area contributed by atoms with Gasteiger partial charge in [-0.2, -0.15) is 0 Å². The largest absolute Gasteiger partial charge is 0.484 e. The first-order chi connectivity index (χ1) is 13.2. The molecule has 1 aromatic heterocycles. The van der Waals surface area contributed by atoms with Gasteiger partial charge in [-0.05, 0) is 48.4 Å². The third kappa shape index (κ3) is 6.31. The van der Waals surface area contributed by atoms with E-state index in [0.29, 0.717) is 16.5 Å². The van der Waals surface area contributed by atoms with Crippen molar-refractivity contribution in [3.63, 3.8) is 0 Å². The number of halogens is 1. The van der Waals surface area contributed by atoms with Crippen LogP contribution in [0.4, 0.5) is 11.5 Å². The lowest BCUT2D eigenvalue weighted by atomic mass is 10.1. The molecular formula is C21H20ClN3O2. The molecule has 0 aliphatic heterocycles. The molecule has 1 amide bonds. The summed E-state index contributed by atoms with van der Waals surface area (Å²) in [4.78, 5) is 16.3. The number of hydrogen-bond acceptors (Lipinski definition) is 4. The second-order valence-electron chi connectivity index (χ2n) is 5.89. The number of benzene rings is 2. The Kier molecular flexibility index (Phi) is 6.66. The maximum atomic E-state index is 12.0. The number of amides is 1. The van der Waals surface area contributed by atoms with E-state index in [4.69, 9.17) is 16.3 Å². The Balaban J connectivity index is 1.41. The topological polar surface area (TPSA) is 63.2 Å². The standard InChI is InChI=1S/C21H20ClN3O2/c22-17-6-9-19(10-7-17)27-15-21(26)25-18-8-11-20(24-14-18)23-13-12-16-4-2-1-3-5-16/h1-11,14H,12-13,15H2,(H,23,24)(H,25,26). The molecule has 27 heavy (non-hydrogen) atoms. The van der Waals surface area contributed by atoms with Gasteiger partial charge in [-0.3, -0.25) is 4.79 Å². The molecular weight excluding hydrogens is 362 g/mol. The average molecular weight is 382 g/mol. The van der Waals surface area contributed by atoms with E-state index in [1.165, 1.54) is 5.56 Å². The van der Waals surface area contributed by atoms with Crippen molar-refractivity contribution in [2.45, 2.75) is 6.42 Å². The number of nitrogens with zero attached hydrogens (tertiary/aromatic N) is 1. The average Bonchev–Trinajstić information content (AvgIpc) is 2.70. The van der Waals surface area contributed by atoms with Gasteiger partial charge in [0, 0.05) is 11.6 Å². The van der Waals surface area contributed by atoms with Crippen LogP contribution < -0.4 is 15.4 Å². The minimum Gasteiger partial charge on any atom is -0.484 e. The van der Waals surface area contributed by atoms with Gasteiger partial charge in [0.15, 0.2) is 6.61 Å². The van der Waals surface area contributed by atoms with Crippen molar-refractivity contribution in [3.05, 3.63) is 83.5 Å². The highest BCUT2D eigenvalue weighted by Gasteiger charge is 2.04. The van der Waals surface area contributed by atoms with Crippen LogP contribution in [-0.4, -0.2) is 24.0 Å². The third-order valence-electron chi connectivity index (χ3n) is 3.79. The van der Waals surface area contributed by atoms with Gasteiger partial charge in [-0.1, -0.05) is 41.9 Å². The fourth-order valence-electron chi connectivity index (χ4n) is 2.43. The molecule has 5 nitrogen and oxygen atoms in total. The van der Waals surface area contributed by atoms with Gasteiger partial charge < -0.3 is 15.4 Å². The quantitative estimate of drug-likeness (QED) is 0.606. The Hall–Kier alpha value is -3.05. The van der Waals surface area contributed by atoms with E-state index in [9.17, 15) is 4.79 Å². The molecule has 0 spiro atoms. The van der Waals surface area contributed by atoms with E-state index in [-0.39, 0.29) is 12.5 Å². The van der Waals surface area contributed by atoms with Crippen LogP contribution in [0.15, 0.2) is 72.9 Å². The molecule has 0 fully saturated rings. The summed E-state index contributed by atoms with van der Waals surface area (Å²) < 4.78 is 5.41. The first kappa shape index (κ1) is 18.7. The summed E-state index contributed by atoms with van der Waals surface area (Å²) in [6.07, 6.45) is 2.54. The van der Waals surface area contributed by atoms with E-state index in [1.54, 1.807) is 36.5 Å². The van der Waals surface area contributed by atoms with E-state index in [0.717, 1.165) is 18.8 Å². The predicted octanol–water partition coefficient (Wildman–Crippen LogP) is 4.41. The number of carbonyl (C=O) groups excluding carboxylic acids is 1. The Morgan fingerprint density at radius 3 is 2.48 bits per heavy atom. The van der Waals surface area contributed by atoms with Gasteiger partial charge in [-0.25, -0.2) is 4.98 Å². The number of nitrogens with one attached hydrogen (secondary N) is 2. The van der Waals surface area contributed by atoms with E-state index >= 15 is 0 Å². The lowest BCUT2D eigenvalue weighted by molar-refractivity contribution is -0.118. The molecule has 3 aromatic rings.